The number of carbonyl (C=O) groups is 2. The van der Waals surface area contributed by atoms with Crippen LogP contribution < -0.4 is 10.1 Å². The number of benzene rings is 1. The summed E-state index contributed by atoms with van der Waals surface area (Å²) in [6.07, 6.45) is 0. The summed E-state index contributed by atoms with van der Waals surface area (Å²) in [7, 11) is 0. The van der Waals surface area contributed by atoms with Crippen molar-refractivity contribution >= 4 is 11.9 Å². The van der Waals surface area contributed by atoms with Crippen molar-refractivity contribution < 1.29 is 28.9 Å². The van der Waals surface area contributed by atoms with Gasteiger partial charge in [0.05, 0.1) is 6.61 Å². The van der Waals surface area contributed by atoms with Crippen molar-refractivity contribution in [2.24, 2.45) is 0 Å². The monoisotopic (exact) mass is 257 g/mol. The van der Waals surface area contributed by atoms with E-state index in [4.69, 9.17) is 14.9 Å². The molecule has 1 atom stereocenters. The molecule has 1 amide bonds. The van der Waals surface area contributed by atoms with Crippen LogP contribution in [0.4, 0.5) is 4.39 Å². The van der Waals surface area contributed by atoms with Gasteiger partial charge in [0.25, 0.3) is 5.91 Å². The van der Waals surface area contributed by atoms with Crippen LogP contribution in [0.5, 0.6) is 5.75 Å². The Bertz CT molecular complexity index is 437. The van der Waals surface area contributed by atoms with E-state index >= 15 is 0 Å². The molecular formula is C11H12FNO5. The van der Waals surface area contributed by atoms with Crippen molar-refractivity contribution in [1.29, 1.82) is 0 Å². The first-order valence-corrected chi connectivity index (χ1v) is 5.05. The average molecular weight is 257 g/mol. The van der Waals surface area contributed by atoms with Crippen molar-refractivity contribution in [2.45, 2.75) is 6.04 Å². The first-order valence-electron chi connectivity index (χ1n) is 5.05. The number of carbonyl (C=O) groups excluding carboxylic acids is 1. The number of aliphatic hydroxyl groups excluding tert-OH is 1. The highest BCUT2D eigenvalue weighted by molar-refractivity contribution is 5.84. The molecule has 0 saturated heterocycles. The van der Waals surface area contributed by atoms with E-state index in [0.717, 1.165) is 0 Å². The summed E-state index contributed by atoms with van der Waals surface area (Å²) in [6, 6.07) is 4.10. The lowest BCUT2D eigenvalue weighted by molar-refractivity contribution is -0.143. The van der Waals surface area contributed by atoms with Crippen LogP contribution in [0.3, 0.4) is 0 Å². The Balaban J connectivity index is 2.47. The summed E-state index contributed by atoms with van der Waals surface area (Å²) in [6.45, 7) is -1.27. The predicted molar refractivity (Wildman–Crippen MR) is 58.5 cm³/mol. The van der Waals surface area contributed by atoms with Gasteiger partial charge in [0.2, 0.25) is 0 Å². The molecule has 0 heterocycles. The van der Waals surface area contributed by atoms with E-state index in [2.05, 4.69) is 0 Å². The van der Waals surface area contributed by atoms with Crippen LogP contribution in [-0.4, -0.2) is 41.3 Å². The first-order chi connectivity index (χ1) is 8.54. The highest BCUT2D eigenvalue weighted by atomic mass is 19.1. The third kappa shape index (κ3) is 4.02. The second-order valence-electron chi connectivity index (χ2n) is 3.36. The van der Waals surface area contributed by atoms with Crippen molar-refractivity contribution in [3.8, 4) is 5.75 Å². The SMILES string of the molecule is O=C(COc1ccccc1F)NC(CO)C(=O)O. The lowest BCUT2D eigenvalue weighted by Gasteiger charge is -2.12. The van der Waals surface area contributed by atoms with Gasteiger partial charge in [0, 0.05) is 0 Å². The number of amides is 1. The third-order valence-electron chi connectivity index (χ3n) is 2.01. The molecule has 0 aliphatic carbocycles. The van der Waals surface area contributed by atoms with Crippen LogP contribution >= 0.6 is 0 Å². The minimum atomic E-state index is -1.40. The molecule has 0 fully saturated rings. The summed E-state index contributed by atoms with van der Waals surface area (Å²) in [5.41, 5.74) is 0. The predicted octanol–water partition coefficient (Wildman–Crippen LogP) is -0.234. The van der Waals surface area contributed by atoms with E-state index in [1.54, 1.807) is 0 Å². The minimum absolute atomic E-state index is 0.108. The van der Waals surface area contributed by atoms with Crippen LogP contribution in [0, 0.1) is 5.82 Å². The molecule has 18 heavy (non-hydrogen) atoms. The van der Waals surface area contributed by atoms with Gasteiger partial charge in [-0.15, -0.1) is 0 Å². The van der Waals surface area contributed by atoms with Gasteiger partial charge in [-0.05, 0) is 12.1 Å². The molecule has 1 aromatic carbocycles. The maximum Gasteiger partial charge on any atom is 0.328 e. The molecule has 0 radical (unpaired) electrons. The number of para-hydroxylation sites is 1. The number of halogens is 1. The second kappa shape index (κ2) is 6.55. The summed E-state index contributed by atoms with van der Waals surface area (Å²) in [4.78, 5) is 21.8. The van der Waals surface area contributed by atoms with Gasteiger partial charge in [-0.3, -0.25) is 4.79 Å². The van der Waals surface area contributed by atoms with E-state index in [9.17, 15) is 14.0 Å². The Morgan fingerprint density at radius 3 is 2.61 bits per heavy atom. The zero-order valence-electron chi connectivity index (χ0n) is 9.30. The Morgan fingerprint density at radius 1 is 1.39 bits per heavy atom. The lowest BCUT2D eigenvalue weighted by atomic mass is 10.3. The molecular weight excluding hydrogens is 245 g/mol. The maximum atomic E-state index is 13.1. The Hall–Kier alpha value is -2.15. The lowest BCUT2D eigenvalue weighted by Crippen LogP contribution is -2.45. The Labute approximate surface area is 102 Å². The number of aliphatic carboxylic acids is 1. The molecule has 98 valence electrons. The van der Waals surface area contributed by atoms with E-state index < -0.39 is 36.9 Å². The number of aliphatic hydroxyl groups is 1. The van der Waals surface area contributed by atoms with Crippen molar-refractivity contribution in [2.75, 3.05) is 13.2 Å². The molecule has 0 spiro atoms. The molecule has 1 unspecified atom stereocenters. The van der Waals surface area contributed by atoms with Crippen molar-refractivity contribution in [3.63, 3.8) is 0 Å². The van der Waals surface area contributed by atoms with Gasteiger partial charge in [0.1, 0.15) is 6.04 Å². The highest BCUT2D eigenvalue weighted by Gasteiger charge is 2.18. The zero-order valence-corrected chi connectivity index (χ0v) is 9.30. The number of nitrogens with one attached hydrogen (secondary N) is 1. The number of hydrogen-bond donors (Lipinski definition) is 3. The fraction of sp³-hybridized carbons (Fsp3) is 0.273. The van der Waals surface area contributed by atoms with Crippen LogP contribution in [0.2, 0.25) is 0 Å². The van der Waals surface area contributed by atoms with Gasteiger partial charge in [-0.25, -0.2) is 9.18 Å². The van der Waals surface area contributed by atoms with Gasteiger partial charge >= 0.3 is 5.97 Å². The standard InChI is InChI=1S/C11H12FNO5/c12-7-3-1-2-4-9(7)18-6-10(15)13-8(5-14)11(16)17/h1-4,8,14H,5-6H2,(H,13,15)(H,16,17). The third-order valence-corrected chi connectivity index (χ3v) is 2.01. The average Bonchev–Trinajstić information content (AvgIpc) is 2.34. The highest BCUT2D eigenvalue weighted by Crippen LogP contribution is 2.14. The van der Waals surface area contributed by atoms with Crippen LogP contribution in [0.15, 0.2) is 24.3 Å². The Morgan fingerprint density at radius 2 is 2.06 bits per heavy atom. The fourth-order valence-corrected chi connectivity index (χ4v) is 1.13. The number of rotatable bonds is 6. The number of ether oxygens (including phenoxy) is 1. The normalized spacial score (nSPS) is 11.7. The second-order valence-corrected chi connectivity index (χ2v) is 3.36. The maximum absolute atomic E-state index is 13.1. The van der Waals surface area contributed by atoms with Crippen molar-refractivity contribution in [1.82, 2.24) is 5.32 Å². The molecule has 0 aliphatic heterocycles. The summed E-state index contributed by atoms with van der Waals surface area (Å²) in [5, 5.41) is 19.3. The zero-order chi connectivity index (χ0) is 13.5. The van der Waals surface area contributed by atoms with Crippen LogP contribution in [0.1, 0.15) is 0 Å². The minimum Gasteiger partial charge on any atom is -0.481 e. The van der Waals surface area contributed by atoms with Gasteiger partial charge < -0.3 is 20.3 Å². The smallest absolute Gasteiger partial charge is 0.328 e. The van der Waals surface area contributed by atoms with Crippen LogP contribution in [0.25, 0.3) is 0 Å². The van der Waals surface area contributed by atoms with E-state index in [1.165, 1.54) is 24.3 Å². The molecule has 0 bridgehead atoms. The molecule has 6 nitrogen and oxygen atoms in total. The van der Waals surface area contributed by atoms with Gasteiger partial charge in [0.15, 0.2) is 18.2 Å². The number of carboxylic acids is 1. The molecule has 0 saturated carbocycles. The topological polar surface area (TPSA) is 95.9 Å². The number of hydrogen-bond acceptors (Lipinski definition) is 4. The quantitative estimate of drug-likeness (QED) is 0.654. The van der Waals surface area contributed by atoms with Crippen molar-refractivity contribution in [3.05, 3.63) is 30.1 Å². The summed E-state index contributed by atoms with van der Waals surface area (Å²) >= 11 is 0. The summed E-state index contributed by atoms with van der Waals surface area (Å²) in [5.74, 6) is -2.86. The van der Waals surface area contributed by atoms with Crippen LogP contribution in [-0.2, 0) is 9.59 Å². The fourth-order valence-electron chi connectivity index (χ4n) is 1.13. The Kier molecular flexibility index (Phi) is 5.06. The first kappa shape index (κ1) is 13.9. The molecule has 1 aromatic rings. The molecule has 7 heteroatoms. The summed E-state index contributed by atoms with van der Waals surface area (Å²) < 4.78 is 18.0. The van der Waals surface area contributed by atoms with E-state index in [0.29, 0.717) is 0 Å². The van der Waals surface area contributed by atoms with Gasteiger partial charge in [-0.1, -0.05) is 12.1 Å². The molecule has 1 rings (SSSR count). The van der Waals surface area contributed by atoms with E-state index in [-0.39, 0.29) is 5.75 Å². The number of carboxylic acid groups (broad SMARTS) is 1. The molecule has 3 N–H and O–H groups in total. The van der Waals surface area contributed by atoms with E-state index in [1.807, 2.05) is 5.32 Å². The molecule has 0 aromatic heterocycles. The largest absolute Gasteiger partial charge is 0.481 e. The van der Waals surface area contributed by atoms with Gasteiger partial charge in [-0.2, -0.15) is 0 Å². The molecule has 0 aliphatic rings.